The summed E-state index contributed by atoms with van der Waals surface area (Å²) in [6.45, 7) is 0. The van der Waals surface area contributed by atoms with Crippen LogP contribution < -0.4 is 5.32 Å². The number of carbonyl (C=O) groups is 1. The average molecular weight is 326 g/mol. The second-order valence-electron chi connectivity index (χ2n) is 6.03. The molecule has 0 saturated heterocycles. The van der Waals surface area contributed by atoms with Crippen molar-refractivity contribution in [3.05, 3.63) is 90.5 Å². The van der Waals surface area contributed by atoms with E-state index in [2.05, 4.69) is 28.5 Å². The van der Waals surface area contributed by atoms with E-state index in [0.29, 0.717) is 6.42 Å². The number of carbonyl (C=O) groups excluding carboxylic acids is 1. The van der Waals surface area contributed by atoms with Crippen LogP contribution in [0.15, 0.2) is 84.9 Å². The number of H-pyrrole nitrogens is 1. The average Bonchev–Trinajstić information content (AvgIpc) is 3.07. The van der Waals surface area contributed by atoms with Crippen LogP contribution in [-0.4, -0.2) is 10.9 Å². The third-order valence-electron chi connectivity index (χ3n) is 4.23. The number of anilines is 1. The number of nitrogens with one attached hydrogen (secondary N) is 2. The molecule has 0 atom stereocenters. The summed E-state index contributed by atoms with van der Waals surface area (Å²) >= 11 is 0. The van der Waals surface area contributed by atoms with Crippen LogP contribution in [0.4, 0.5) is 5.69 Å². The van der Waals surface area contributed by atoms with Gasteiger partial charge in [-0.3, -0.25) is 4.79 Å². The van der Waals surface area contributed by atoms with Crippen LogP contribution in [0.25, 0.3) is 22.2 Å². The number of amides is 1. The Morgan fingerprint density at radius 3 is 2.40 bits per heavy atom. The Morgan fingerprint density at radius 2 is 1.56 bits per heavy atom. The molecule has 0 spiro atoms. The Balaban J connectivity index is 1.61. The monoisotopic (exact) mass is 326 g/mol. The zero-order valence-corrected chi connectivity index (χ0v) is 13.7. The summed E-state index contributed by atoms with van der Waals surface area (Å²) in [5, 5.41) is 4.20. The van der Waals surface area contributed by atoms with Crippen molar-refractivity contribution >= 4 is 22.5 Å². The van der Waals surface area contributed by atoms with Crippen LogP contribution in [0, 0.1) is 0 Å². The van der Waals surface area contributed by atoms with Crippen LogP contribution in [-0.2, 0) is 11.2 Å². The Bertz CT molecular complexity index is 985. The molecule has 3 nitrogen and oxygen atoms in total. The summed E-state index contributed by atoms with van der Waals surface area (Å²) in [5.74, 6) is -0.0187. The molecule has 1 heterocycles. The van der Waals surface area contributed by atoms with Gasteiger partial charge < -0.3 is 10.3 Å². The maximum atomic E-state index is 12.4. The van der Waals surface area contributed by atoms with Crippen molar-refractivity contribution in [1.29, 1.82) is 0 Å². The number of hydrogen-bond donors (Lipinski definition) is 2. The van der Waals surface area contributed by atoms with Crippen LogP contribution in [0.5, 0.6) is 0 Å². The second-order valence-corrected chi connectivity index (χ2v) is 6.03. The third kappa shape index (κ3) is 3.31. The standard InChI is InChI=1S/C22H18N2O/c25-22(14-16-8-2-1-3-9-16)24-20-13-7-5-11-18(20)21-15-17-10-4-6-12-19(17)23-21/h1-13,15,23H,14H2,(H,24,25). The summed E-state index contributed by atoms with van der Waals surface area (Å²) in [6.07, 6.45) is 0.363. The molecule has 2 N–H and O–H groups in total. The number of para-hydroxylation sites is 2. The van der Waals surface area contributed by atoms with Gasteiger partial charge in [0.25, 0.3) is 0 Å². The molecule has 122 valence electrons. The van der Waals surface area contributed by atoms with Crippen LogP contribution in [0.3, 0.4) is 0 Å². The number of hydrogen-bond acceptors (Lipinski definition) is 1. The fourth-order valence-electron chi connectivity index (χ4n) is 3.02. The predicted octanol–water partition coefficient (Wildman–Crippen LogP) is 5.02. The number of aromatic amines is 1. The van der Waals surface area contributed by atoms with Gasteiger partial charge >= 0.3 is 0 Å². The van der Waals surface area contributed by atoms with Crippen LogP contribution in [0.1, 0.15) is 5.56 Å². The molecule has 0 unspecified atom stereocenters. The lowest BCUT2D eigenvalue weighted by atomic mass is 10.1. The Hall–Kier alpha value is -3.33. The highest BCUT2D eigenvalue weighted by molar-refractivity contribution is 5.97. The molecule has 0 bridgehead atoms. The zero-order valence-electron chi connectivity index (χ0n) is 13.7. The van der Waals surface area contributed by atoms with Crippen molar-refractivity contribution in [2.24, 2.45) is 0 Å². The lowest BCUT2D eigenvalue weighted by Gasteiger charge is -2.10. The highest BCUT2D eigenvalue weighted by atomic mass is 16.1. The molecule has 1 aromatic heterocycles. The molecule has 0 aliphatic carbocycles. The molecule has 0 saturated carbocycles. The third-order valence-corrected chi connectivity index (χ3v) is 4.23. The van der Waals surface area contributed by atoms with E-state index < -0.39 is 0 Å². The van der Waals surface area contributed by atoms with Crippen molar-refractivity contribution in [3.8, 4) is 11.3 Å². The van der Waals surface area contributed by atoms with E-state index in [4.69, 9.17) is 0 Å². The summed E-state index contributed by atoms with van der Waals surface area (Å²) in [4.78, 5) is 15.8. The molecular formula is C22H18N2O. The first kappa shape index (κ1) is 15.2. The number of rotatable bonds is 4. The van der Waals surface area contributed by atoms with Gasteiger partial charge in [-0.25, -0.2) is 0 Å². The van der Waals surface area contributed by atoms with Gasteiger partial charge in [-0.05, 0) is 23.8 Å². The minimum atomic E-state index is -0.0187. The fraction of sp³-hybridized carbons (Fsp3) is 0.0455. The summed E-state index contributed by atoms with van der Waals surface area (Å²) in [5.41, 5.74) is 4.89. The maximum Gasteiger partial charge on any atom is 0.228 e. The number of benzene rings is 3. The van der Waals surface area contributed by atoms with Crippen molar-refractivity contribution < 1.29 is 4.79 Å². The Labute approximate surface area is 146 Å². The Morgan fingerprint density at radius 1 is 0.840 bits per heavy atom. The fourth-order valence-corrected chi connectivity index (χ4v) is 3.02. The predicted molar refractivity (Wildman–Crippen MR) is 103 cm³/mol. The molecule has 3 aromatic carbocycles. The van der Waals surface area contributed by atoms with E-state index in [9.17, 15) is 4.79 Å². The van der Waals surface area contributed by atoms with E-state index >= 15 is 0 Å². The first-order valence-electron chi connectivity index (χ1n) is 8.30. The minimum Gasteiger partial charge on any atom is -0.354 e. The van der Waals surface area contributed by atoms with Crippen LogP contribution in [0.2, 0.25) is 0 Å². The molecule has 0 aliphatic heterocycles. The lowest BCUT2D eigenvalue weighted by molar-refractivity contribution is -0.115. The quantitative estimate of drug-likeness (QED) is 0.543. The first-order chi connectivity index (χ1) is 12.3. The number of aromatic nitrogens is 1. The lowest BCUT2D eigenvalue weighted by Crippen LogP contribution is -2.14. The van der Waals surface area contributed by atoms with Gasteiger partial charge in [-0.2, -0.15) is 0 Å². The molecular weight excluding hydrogens is 308 g/mol. The van der Waals surface area contributed by atoms with Gasteiger partial charge in [-0.15, -0.1) is 0 Å². The molecule has 0 fully saturated rings. The molecule has 3 heteroatoms. The van der Waals surface area contributed by atoms with Gasteiger partial charge in [0.15, 0.2) is 0 Å². The number of fused-ring (bicyclic) bond motifs is 1. The zero-order chi connectivity index (χ0) is 17.1. The molecule has 0 aliphatic rings. The van der Waals surface area contributed by atoms with Crippen molar-refractivity contribution in [3.63, 3.8) is 0 Å². The molecule has 4 aromatic rings. The molecule has 0 radical (unpaired) electrons. The summed E-state index contributed by atoms with van der Waals surface area (Å²) < 4.78 is 0. The normalized spacial score (nSPS) is 10.7. The van der Waals surface area contributed by atoms with E-state index in [1.807, 2.05) is 66.7 Å². The van der Waals surface area contributed by atoms with Crippen LogP contribution >= 0.6 is 0 Å². The van der Waals surface area contributed by atoms with E-state index in [1.54, 1.807) is 0 Å². The smallest absolute Gasteiger partial charge is 0.228 e. The van der Waals surface area contributed by atoms with Gasteiger partial charge in [-0.1, -0.05) is 66.7 Å². The summed E-state index contributed by atoms with van der Waals surface area (Å²) in [6, 6.07) is 27.9. The van der Waals surface area contributed by atoms with E-state index in [-0.39, 0.29) is 5.91 Å². The summed E-state index contributed by atoms with van der Waals surface area (Å²) in [7, 11) is 0. The minimum absolute atomic E-state index is 0.0187. The first-order valence-corrected chi connectivity index (χ1v) is 8.30. The highest BCUT2D eigenvalue weighted by Crippen LogP contribution is 2.30. The van der Waals surface area contributed by atoms with Crippen molar-refractivity contribution in [1.82, 2.24) is 4.98 Å². The van der Waals surface area contributed by atoms with E-state index in [0.717, 1.165) is 33.4 Å². The van der Waals surface area contributed by atoms with E-state index in [1.165, 1.54) is 0 Å². The Kier molecular flexibility index (Phi) is 4.05. The van der Waals surface area contributed by atoms with Gasteiger partial charge in [0.2, 0.25) is 5.91 Å². The van der Waals surface area contributed by atoms with Crippen molar-refractivity contribution in [2.45, 2.75) is 6.42 Å². The van der Waals surface area contributed by atoms with Gasteiger partial charge in [0.1, 0.15) is 0 Å². The second kappa shape index (κ2) is 6.65. The highest BCUT2D eigenvalue weighted by Gasteiger charge is 2.11. The van der Waals surface area contributed by atoms with Gasteiger partial charge in [0, 0.05) is 22.2 Å². The molecule has 4 rings (SSSR count). The largest absolute Gasteiger partial charge is 0.354 e. The molecule has 25 heavy (non-hydrogen) atoms. The SMILES string of the molecule is O=C(Cc1ccccc1)Nc1ccccc1-c1cc2ccccc2[nH]1. The molecule has 1 amide bonds. The van der Waals surface area contributed by atoms with Crippen molar-refractivity contribution in [2.75, 3.05) is 5.32 Å². The maximum absolute atomic E-state index is 12.4. The topological polar surface area (TPSA) is 44.9 Å². The van der Waals surface area contributed by atoms with Gasteiger partial charge in [0.05, 0.1) is 12.1 Å².